The van der Waals surface area contributed by atoms with Crippen molar-refractivity contribution in [2.45, 2.75) is 147 Å². The van der Waals surface area contributed by atoms with E-state index in [0.717, 1.165) is 6.42 Å². The van der Waals surface area contributed by atoms with E-state index in [2.05, 4.69) is 46.0 Å². The molecule has 0 aromatic heterocycles. The second-order valence-corrected chi connectivity index (χ2v) is 20.4. The lowest BCUT2D eigenvalue weighted by atomic mass is 9.55. The first-order valence-corrected chi connectivity index (χ1v) is 18.9. The lowest BCUT2D eigenvalue weighted by Crippen LogP contribution is -2.64. The normalized spacial score (nSPS) is 36.7. The van der Waals surface area contributed by atoms with Crippen LogP contribution in [0.2, 0.25) is 18.1 Å². The maximum absolute atomic E-state index is 13.2. The van der Waals surface area contributed by atoms with Gasteiger partial charge < -0.3 is 19.0 Å². The number of hydrogen-bond acceptors (Lipinski definition) is 8. The van der Waals surface area contributed by atoms with Gasteiger partial charge in [0.2, 0.25) is 0 Å². The van der Waals surface area contributed by atoms with E-state index in [1.807, 2.05) is 20.8 Å². The Bertz CT molecular complexity index is 953. The molecule has 3 aliphatic rings. The minimum atomic E-state index is -2.05. The van der Waals surface area contributed by atoms with Crippen LogP contribution in [-0.4, -0.2) is 61.2 Å². The van der Waals surface area contributed by atoms with Crippen LogP contribution in [0.5, 0.6) is 0 Å². The average molecular weight is 616 g/mol. The SMILES string of the molecule is CCC(C)(C)C(=O)O[C@H]1C[C@@H](CN=O)[C@H](Cl)[C@]2(O)CC[C@H](C)[C@H](CC[C@@H]3C[C@@H](O[Si](C)(C)C(C)(C)C)CC(=O)O3)[C@@H]12. The lowest BCUT2D eigenvalue weighted by Gasteiger charge is -2.57. The number of rotatable bonds is 10. The van der Waals surface area contributed by atoms with E-state index in [0.29, 0.717) is 38.5 Å². The van der Waals surface area contributed by atoms with Crippen LogP contribution in [0.25, 0.3) is 0 Å². The molecule has 0 aromatic carbocycles. The quantitative estimate of drug-likeness (QED) is 0.122. The van der Waals surface area contributed by atoms with Gasteiger partial charge in [0, 0.05) is 18.3 Å². The van der Waals surface area contributed by atoms with Gasteiger partial charge in [0.1, 0.15) is 12.2 Å². The largest absolute Gasteiger partial charge is 0.462 e. The highest BCUT2D eigenvalue weighted by molar-refractivity contribution is 6.74. The molecule has 8 nitrogen and oxygen atoms in total. The number of aliphatic hydroxyl groups is 1. The van der Waals surface area contributed by atoms with Crippen molar-refractivity contribution in [1.82, 2.24) is 0 Å². The number of alkyl halides is 1. The fourth-order valence-electron chi connectivity index (χ4n) is 6.83. The zero-order valence-electron chi connectivity index (χ0n) is 26.7. The van der Waals surface area contributed by atoms with Crippen LogP contribution in [0.1, 0.15) is 99.8 Å². The van der Waals surface area contributed by atoms with Gasteiger partial charge in [-0.15, -0.1) is 11.6 Å². The van der Waals surface area contributed by atoms with Gasteiger partial charge in [-0.2, -0.15) is 4.91 Å². The third-order valence-electron chi connectivity index (χ3n) is 10.9. The Labute approximate surface area is 253 Å². The molecule has 1 N–H and O–H groups in total. The molecule has 1 heterocycles. The highest BCUT2D eigenvalue weighted by Gasteiger charge is 2.60. The Morgan fingerprint density at radius 2 is 1.85 bits per heavy atom. The van der Waals surface area contributed by atoms with Crippen LogP contribution in [-0.2, 0) is 23.5 Å². The Morgan fingerprint density at radius 1 is 1.20 bits per heavy atom. The molecule has 0 spiro atoms. The summed E-state index contributed by atoms with van der Waals surface area (Å²) in [5, 5.41) is 14.6. The van der Waals surface area contributed by atoms with Crippen molar-refractivity contribution in [1.29, 1.82) is 0 Å². The van der Waals surface area contributed by atoms with Gasteiger partial charge in [0.05, 0.1) is 35.5 Å². The van der Waals surface area contributed by atoms with Crippen LogP contribution < -0.4 is 0 Å². The van der Waals surface area contributed by atoms with E-state index in [9.17, 15) is 19.6 Å². The molecule has 236 valence electrons. The smallest absolute Gasteiger partial charge is 0.311 e. The Balaban J connectivity index is 1.83. The molecule has 3 fully saturated rings. The zero-order valence-corrected chi connectivity index (χ0v) is 28.5. The summed E-state index contributed by atoms with van der Waals surface area (Å²) >= 11 is 6.92. The minimum absolute atomic E-state index is 0.00284. The third kappa shape index (κ3) is 7.55. The number of halogens is 1. The molecule has 0 aromatic rings. The Hall–Kier alpha value is -1.03. The first kappa shape index (κ1) is 34.5. The zero-order chi connectivity index (χ0) is 31.0. The van der Waals surface area contributed by atoms with Crippen molar-refractivity contribution in [2.75, 3.05) is 6.54 Å². The summed E-state index contributed by atoms with van der Waals surface area (Å²) in [5.74, 6) is -1.03. The van der Waals surface area contributed by atoms with Gasteiger partial charge in [-0.1, -0.05) is 39.8 Å². The third-order valence-corrected chi connectivity index (χ3v) is 16.2. The minimum Gasteiger partial charge on any atom is -0.462 e. The first-order valence-electron chi connectivity index (χ1n) is 15.6. The molecule has 1 saturated heterocycles. The van der Waals surface area contributed by atoms with Crippen molar-refractivity contribution in [3.63, 3.8) is 0 Å². The van der Waals surface area contributed by atoms with Crippen LogP contribution in [0.15, 0.2) is 5.18 Å². The molecular weight excluding hydrogens is 562 g/mol. The molecule has 0 amide bonds. The number of nitrogens with zero attached hydrogens (tertiary/aromatic N) is 1. The number of carbonyl (C=O) groups excluding carboxylic acids is 2. The van der Waals surface area contributed by atoms with Crippen molar-refractivity contribution in [3.05, 3.63) is 4.91 Å². The molecular formula is C31H54ClNO7Si. The number of ether oxygens (including phenoxy) is 2. The van der Waals surface area contributed by atoms with E-state index >= 15 is 0 Å². The molecule has 9 atom stereocenters. The van der Waals surface area contributed by atoms with Gasteiger partial charge in [-0.05, 0) is 82.3 Å². The van der Waals surface area contributed by atoms with Crippen LogP contribution in [0, 0.1) is 34.0 Å². The summed E-state index contributed by atoms with van der Waals surface area (Å²) in [6.07, 6.45) is 3.52. The van der Waals surface area contributed by atoms with Gasteiger partial charge in [0.25, 0.3) is 0 Å². The number of hydrogen-bond donors (Lipinski definition) is 1. The van der Waals surface area contributed by atoms with E-state index in [1.54, 1.807) is 0 Å². The second kappa shape index (κ2) is 12.9. The molecule has 2 saturated carbocycles. The van der Waals surface area contributed by atoms with Crippen LogP contribution in [0.3, 0.4) is 0 Å². The predicted octanol–water partition coefficient (Wildman–Crippen LogP) is 7.00. The molecule has 41 heavy (non-hydrogen) atoms. The number of esters is 2. The number of fused-ring (bicyclic) bond motifs is 1. The number of cyclic esters (lactones) is 1. The molecule has 1 aliphatic heterocycles. The van der Waals surface area contributed by atoms with Gasteiger partial charge >= 0.3 is 11.9 Å². The number of nitroso groups, excluding NO2 is 1. The topological polar surface area (TPSA) is 111 Å². The van der Waals surface area contributed by atoms with Crippen LogP contribution in [0.4, 0.5) is 0 Å². The summed E-state index contributed by atoms with van der Waals surface area (Å²) in [6.45, 7) is 18.8. The van der Waals surface area contributed by atoms with Crippen molar-refractivity contribution in [2.24, 2.45) is 34.3 Å². The summed E-state index contributed by atoms with van der Waals surface area (Å²) in [5.41, 5.74) is -1.95. The Kier molecular flexibility index (Phi) is 10.8. The van der Waals surface area contributed by atoms with Crippen molar-refractivity contribution >= 4 is 31.9 Å². The highest BCUT2D eigenvalue weighted by atomic mass is 35.5. The van der Waals surface area contributed by atoms with E-state index < -0.39 is 30.8 Å². The summed E-state index contributed by atoms with van der Waals surface area (Å²) < 4.78 is 18.6. The monoisotopic (exact) mass is 615 g/mol. The maximum atomic E-state index is 13.2. The highest BCUT2D eigenvalue weighted by Crippen LogP contribution is 2.55. The van der Waals surface area contributed by atoms with Gasteiger partial charge in [-0.25, -0.2) is 0 Å². The molecule has 0 unspecified atom stereocenters. The molecule has 0 radical (unpaired) electrons. The molecule has 3 rings (SSSR count). The van der Waals surface area contributed by atoms with E-state index in [1.165, 1.54) is 0 Å². The summed E-state index contributed by atoms with van der Waals surface area (Å²) in [6, 6.07) is 0. The maximum Gasteiger partial charge on any atom is 0.311 e. The first-order chi connectivity index (χ1) is 18.9. The van der Waals surface area contributed by atoms with Gasteiger partial charge in [-0.3, -0.25) is 9.59 Å². The standard InChI is InChI=1S/C31H54ClNO7Si/c1-10-30(6,7)28(35)39-24-15-20(18-33-37)27(32)31(36)14-13-19(2)23(26(24)31)12-11-21-16-22(17-25(34)38-21)40-41(8,9)29(3,4)5/h19-24,26-27,36H,10-18H2,1-9H3/t19-,20-,21+,22+,23-,24-,26-,27-,31-/m0/s1. The fourth-order valence-corrected chi connectivity index (χ4v) is 8.63. The lowest BCUT2D eigenvalue weighted by molar-refractivity contribution is -0.200. The second-order valence-electron chi connectivity index (χ2n) is 15.2. The van der Waals surface area contributed by atoms with Crippen molar-refractivity contribution < 1.29 is 28.6 Å². The number of carbonyl (C=O) groups is 2. The average Bonchev–Trinajstić information content (AvgIpc) is 2.86. The van der Waals surface area contributed by atoms with E-state index in [4.69, 9.17) is 25.5 Å². The molecule has 2 aliphatic carbocycles. The van der Waals surface area contributed by atoms with E-state index in [-0.39, 0.29) is 65.8 Å². The fraction of sp³-hybridized carbons (Fsp3) is 0.935. The summed E-state index contributed by atoms with van der Waals surface area (Å²) in [7, 11) is -2.05. The molecule has 0 bridgehead atoms. The van der Waals surface area contributed by atoms with Crippen molar-refractivity contribution in [3.8, 4) is 0 Å². The predicted molar refractivity (Wildman–Crippen MR) is 163 cm³/mol. The van der Waals surface area contributed by atoms with Crippen LogP contribution >= 0.6 is 11.6 Å². The van der Waals surface area contributed by atoms with Gasteiger partial charge in [0.15, 0.2) is 8.32 Å². The Morgan fingerprint density at radius 3 is 2.44 bits per heavy atom. The molecule has 10 heteroatoms. The summed E-state index contributed by atoms with van der Waals surface area (Å²) in [4.78, 5) is 37.1.